The van der Waals surface area contributed by atoms with Crippen molar-refractivity contribution in [3.05, 3.63) is 42.1 Å². The molecule has 0 unspecified atom stereocenters. The van der Waals surface area contributed by atoms with Gasteiger partial charge in [-0.3, -0.25) is 4.90 Å². The van der Waals surface area contributed by atoms with Gasteiger partial charge in [0, 0.05) is 31.9 Å². The van der Waals surface area contributed by atoms with Gasteiger partial charge in [-0.1, -0.05) is 0 Å². The summed E-state index contributed by atoms with van der Waals surface area (Å²) in [5.41, 5.74) is -0.0336. The Bertz CT molecular complexity index is 660. The van der Waals surface area contributed by atoms with Crippen molar-refractivity contribution < 1.29 is 9.15 Å². The molecule has 0 bridgehead atoms. The lowest BCUT2D eigenvalue weighted by molar-refractivity contribution is 0.0115. The van der Waals surface area contributed by atoms with Crippen molar-refractivity contribution in [3.8, 4) is 0 Å². The molecular weight excluding hydrogens is 292 g/mol. The average Bonchev–Trinajstić information content (AvgIpc) is 3.24. The summed E-state index contributed by atoms with van der Waals surface area (Å²) in [7, 11) is 0. The number of ether oxygens (including phenoxy) is 1. The molecule has 0 amide bonds. The molecule has 1 spiro atoms. The first-order chi connectivity index (χ1) is 11.2. The van der Waals surface area contributed by atoms with Crippen LogP contribution in [0, 0.1) is 6.92 Å². The van der Waals surface area contributed by atoms with Gasteiger partial charge in [-0.25, -0.2) is 9.97 Å². The summed E-state index contributed by atoms with van der Waals surface area (Å²) in [6, 6.07) is 6.19. The second kappa shape index (κ2) is 5.94. The van der Waals surface area contributed by atoms with Crippen LogP contribution in [0.15, 0.2) is 35.0 Å². The lowest BCUT2D eigenvalue weighted by Crippen LogP contribution is -2.33. The molecule has 4 rings (SSSR count). The first kappa shape index (κ1) is 14.7. The highest BCUT2D eigenvalue weighted by molar-refractivity contribution is 5.25. The second-order valence-corrected chi connectivity index (χ2v) is 6.58. The largest absolute Gasteiger partial charge is 0.465 e. The third-order valence-electron chi connectivity index (χ3n) is 4.68. The Labute approximate surface area is 135 Å². The Hall–Kier alpha value is -1.92. The van der Waals surface area contributed by atoms with Crippen LogP contribution in [0.5, 0.6) is 0 Å². The SMILES string of the molecule is Cc1ccc(CN2CC[C@@]3(C[C@H](Nc4ncccn4)CO3)C2)o1. The lowest BCUT2D eigenvalue weighted by Gasteiger charge is -2.23. The van der Waals surface area contributed by atoms with E-state index in [-0.39, 0.29) is 11.6 Å². The molecule has 4 heterocycles. The van der Waals surface area contributed by atoms with Crippen molar-refractivity contribution in [1.82, 2.24) is 14.9 Å². The maximum absolute atomic E-state index is 6.17. The summed E-state index contributed by atoms with van der Waals surface area (Å²) in [5.74, 6) is 2.68. The van der Waals surface area contributed by atoms with E-state index in [0.29, 0.717) is 12.6 Å². The predicted molar refractivity (Wildman–Crippen MR) is 86.1 cm³/mol. The molecule has 2 aromatic heterocycles. The summed E-state index contributed by atoms with van der Waals surface area (Å²) >= 11 is 0. The summed E-state index contributed by atoms with van der Waals surface area (Å²) in [6.07, 6.45) is 5.58. The van der Waals surface area contributed by atoms with Gasteiger partial charge in [0.15, 0.2) is 0 Å². The van der Waals surface area contributed by atoms with Crippen LogP contribution in [0.2, 0.25) is 0 Å². The first-order valence-corrected chi connectivity index (χ1v) is 8.16. The van der Waals surface area contributed by atoms with Crippen LogP contribution in [0.3, 0.4) is 0 Å². The van der Waals surface area contributed by atoms with Gasteiger partial charge in [0.1, 0.15) is 11.5 Å². The maximum atomic E-state index is 6.17. The summed E-state index contributed by atoms with van der Waals surface area (Å²) in [4.78, 5) is 10.9. The van der Waals surface area contributed by atoms with Gasteiger partial charge in [-0.05, 0) is 31.5 Å². The Morgan fingerprint density at radius 3 is 3.00 bits per heavy atom. The summed E-state index contributed by atoms with van der Waals surface area (Å²) in [5, 5.41) is 3.38. The summed E-state index contributed by atoms with van der Waals surface area (Å²) in [6.45, 7) is 5.57. The van der Waals surface area contributed by atoms with Crippen LogP contribution in [0.25, 0.3) is 0 Å². The van der Waals surface area contributed by atoms with Gasteiger partial charge in [0.2, 0.25) is 5.95 Å². The Kier molecular flexibility index (Phi) is 3.79. The number of rotatable bonds is 4. The molecule has 2 fully saturated rings. The van der Waals surface area contributed by atoms with E-state index >= 15 is 0 Å². The van der Waals surface area contributed by atoms with Crippen LogP contribution < -0.4 is 5.32 Å². The van der Waals surface area contributed by atoms with Crippen molar-refractivity contribution in [2.75, 3.05) is 25.0 Å². The molecule has 6 nitrogen and oxygen atoms in total. The van der Waals surface area contributed by atoms with E-state index in [4.69, 9.17) is 9.15 Å². The standard InChI is InChI=1S/C17H22N4O2/c1-13-3-4-15(23-13)10-21-8-5-17(12-21)9-14(11-22-17)20-16-18-6-2-7-19-16/h2-4,6-7,14H,5,8-12H2,1H3,(H,18,19,20)/t14-,17+/m0/s1. The van der Waals surface area contributed by atoms with Gasteiger partial charge in [-0.15, -0.1) is 0 Å². The van der Waals surface area contributed by atoms with Gasteiger partial charge in [-0.2, -0.15) is 0 Å². The monoisotopic (exact) mass is 314 g/mol. The molecule has 2 aromatic rings. The minimum absolute atomic E-state index is 0.0336. The first-order valence-electron chi connectivity index (χ1n) is 8.16. The number of hydrogen-bond acceptors (Lipinski definition) is 6. The van der Waals surface area contributed by atoms with Gasteiger partial charge < -0.3 is 14.5 Å². The van der Waals surface area contributed by atoms with Gasteiger partial charge in [0.25, 0.3) is 0 Å². The molecule has 0 radical (unpaired) electrons. The van der Waals surface area contributed by atoms with Crippen molar-refractivity contribution in [1.29, 1.82) is 0 Å². The van der Waals surface area contributed by atoms with E-state index < -0.39 is 0 Å². The molecule has 2 saturated heterocycles. The Morgan fingerprint density at radius 2 is 2.22 bits per heavy atom. The molecule has 0 aromatic carbocycles. The highest BCUT2D eigenvalue weighted by Gasteiger charge is 2.45. The van der Waals surface area contributed by atoms with Crippen LogP contribution >= 0.6 is 0 Å². The molecule has 2 aliphatic heterocycles. The van der Waals surface area contributed by atoms with Gasteiger partial charge in [0.05, 0.1) is 24.8 Å². The average molecular weight is 314 g/mol. The number of aryl methyl sites for hydroxylation is 1. The minimum atomic E-state index is -0.0336. The fourth-order valence-electron chi connectivity index (χ4n) is 3.63. The number of nitrogens with zero attached hydrogens (tertiary/aromatic N) is 3. The number of furan rings is 1. The topological polar surface area (TPSA) is 63.4 Å². The zero-order valence-electron chi connectivity index (χ0n) is 13.4. The van der Waals surface area contributed by atoms with Gasteiger partial charge >= 0.3 is 0 Å². The Morgan fingerprint density at radius 1 is 1.35 bits per heavy atom. The molecule has 23 heavy (non-hydrogen) atoms. The number of likely N-dealkylation sites (tertiary alicyclic amines) is 1. The normalized spacial score (nSPS) is 27.8. The maximum Gasteiger partial charge on any atom is 0.222 e. The third kappa shape index (κ3) is 3.23. The molecule has 6 heteroatoms. The molecule has 122 valence electrons. The van der Waals surface area contributed by atoms with E-state index in [1.54, 1.807) is 12.4 Å². The smallest absolute Gasteiger partial charge is 0.222 e. The highest BCUT2D eigenvalue weighted by atomic mass is 16.5. The predicted octanol–water partition coefficient (Wildman–Crippen LogP) is 2.22. The zero-order valence-corrected chi connectivity index (χ0v) is 13.4. The molecular formula is C17H22N4O2. The number of nitrogens with one attached hydrogen (secondary N) is 1. The van der Waals surface area contributed by atoms with Crippen LogP contribution in [0.4, 0.5) is 5.95 Å². The number of anilines is 1. The zero-order chi connectivity index (χ0) is 15.7. The number of hydrogen-bond donors (Lipinski definition) is 1. The fourth-order valence-corrected chi connectivity index (χ4v) is 3.63. The van der Waals surface area contributed by atoms with E-state index in [1.807, 2.05) is 19.1 Å². The van der Waals surface area contributed by atoms with E-state index in [2.05, 4.69) is 26.3 Å². The molecule has 2 aliphatic rings. The van der Waals surface area contributed by atoms with Crippen molar-refractivity contribution in [2.24, 2.45) is 0 Å². The van der Waals surface area contributed by atoms with Crippen LogP contribution in [-0.2, 0) is 11.3 Å². The third-order valence-corrected chi connectivity index (χ3v) is 4.68. The number of aromatic nitrogens is 2. The van der Waals surface area contributed by atoms with E-state index in [1.165, 1.54) is 0 Å². The second-order valence-electron chi connectivity index (χ2n) is 6.58. The van der Waals surface area contributed by atoms with Crippen molar-refractivity contribution in [2.45, 2.75) is 38.0 Å². The van der Waals surface area contributed by atoms with E-state index in [0.717, 1.165) is 44.0 Å². The van der Waals surface area contributed by atoms with Crippen LogP contribution in [-0.4, -0.2) is 46.2 Å². The van der Waals surface area contributed by atoms with Crippen LogP contribution in [0.1, 0.15) is 24.4 Å². The lowest BCUT2D eigenvalue weighted by atomic mass is 9.97. The highest BCUT2D eigenvalue weighted by Crippen LogP contribution is 2.36. The Balaban J connectivity index is 1.34. The quantitative estimate of drug-likeness (QED) is 0.933. The molecule has 0 saturated carbocycles. The fraction of sp³-hybridized carbons (Fsp3) is 0.529. The summed E-state index contributed by atoms with van der Waals surface area (Å²) < 4.78 is 11.9. The molecule has 0 aliphatic carbocycles. The molecule has 1 N–H and O–H groups in total. The van der Waals surface area contributed by atoms with E-state index in [9.17, 15) is 0 Å². The molecule has 2 atom stereocenters. The minimum Gasteiger partial charge on any atom is -0.465 e. The van der Waals surface area contributed by atoms with Crippen molar-refractivity contribution in [3.63, 3.8) is 0 Å². The van der Waals surface area contributed by atoms with Crippen molar-refractivity contribution >= 4 is 5.95 Å².